The number of hydrogen-bond acceptors (Lipinski definition) is 8. The number of esters is 1. The quantitative estimate of drug-likeness (QED) is 0.238. The molecule has 2 N–H and O–H groups in total. The molecule has 3 aromatic rings. The third-order valence-corrected chi connectivity index (χ3v) is 5.71. The van der Waals surface area contributed by atoms with Crippen molar-refractivity contribution in [3.8, 4) is 17.0 Å². The van der Waals surface area contributed by atoms with Gasteiger partial charge in [0.2, 0.25) is 0 Å². The molecule has 0 aliphatic rings. The summed E-state index contributed by atoms with van der Waals surface area (Å²) in [6.07, 6.45) is 3.99. The van der Waals surface area contributed by atoms with Gasteiger partial charge >= 0.3 is 5.97 Å². The molecule has 6 nitrogen and oxygen atoms in total. The number of aromatic nitrogens is 2. The summed E-state index contributed by atoms with van der Waals surface area (Å²) >= 11 is 2.68. The average molecular weight is 418 g/mol. The molecule has 8 heteroatoms. The minimum absolute atomic E-state index is 0.290. The lowest BCUT2D eigenvalue weighted by atomic mass is 10.1. The average Bonchev–Trinajstić information content (AvgIpc) is 3.04. The van der Waals surface area contributed by atoms with Crippen molar-refractivity contribution < 1.29 is 14.3 Å². The molecule has 28 heavy (non-hydrogen) atoms. The molecule has 0 bridgehead atoms. The van der Waals surface area contributed by atoms with E-state index in [0.717, 1.165) is 24.2 Å². The molecular formula is C20H23N3O3S2. The molecule has 1 aromatic carbocycles. The maximum Gasteiger partial charge on any atom is 0.350 e. The zero-order chi connectivity index (χ0) is 20.1. The lowest BCUT2D eigenvalue weighted by molar-refractivity contribution is 0.0533. The molecule has 0 saturated heterocycles. The number of nitrogens with zero attached hydrogens (tertiary/aromatic N) is 2. The maximum atomic E-state index is 12.3. The minimum Gasteiger partial charge on any atom is -0.494 e. The second kappa shape index (κ2) is 9.25. The third kappa shape index (κ3) is 4.23. The highest BCUT2D eigenvalue weighted by Gasteiger charge is 2.23. The van der Waals surface area contributed by atoms with Gasteiger partial charge in [0.15, 0.2) is 5.16 Å². The van der Waals surface area contributed by atoms with Gasteiger partial charge in [-0.15, -0.1) is 11.3 Å². The number of benzene rings is 1. The zero-order valence-electron chi connectivity index (χ0n) is 16.2. The summed E-state index contributed by atoms with van der Waals surface area (Å²) in [5.74, 6) is 0.346. The van der Waals surface area contributed by atoms with Gasteiger partial charge in [0.05, 0.1) is 30.0 Å². The van der Waals surface area contributed by atoms with Gasteiger partial charge in [-0.1, -0.05) is 37.2 Å². The Balaban J connectivity index is 2.12. The number of carbonyl (C=O) groups excluding carboxylic acids is 1. The van der Waals surface area contributed by atoms with Crippen LogP contribution in [0.15, 0.2) is 29.4 Å². The fourth-order valence-electron chi connectivity index (χ4n) is 2.72. The molecule has 2 heterocycles. The SMILES string of the molecule is CCCCOc1cccc(-c2nc(SC)nc3sc(C(=O)OCC)c(N)c23)c1. The van der Waals surface area contributed by atoms with Gasteiger partial charge in [-0.3, -0.25) is 0 Å². The van der Waals surface area contributed by atoms with Crippen molar-refractivity contribution in [3.63, 3.8) is 0 Å². The first-order valence-corrected chi connectivity index (χ1v) is 11.2. The van der Waals surface area contributed by atoms with Crippen LogP contribution in [0.1, 0.15) is 36.4 Å². The third-order valence-electron chi connectivity index (χ3n) is 4.09. The van der Waals surface area contributed by atoms with Crippen LogP contribution in [-0.4, -0.2) is 35.4 Å². The molecule has 0 saturated carbocycles. The van der Waals surface area contributed by atoms with Crippen molar-refractivity contribution in [2.24, 2.45) is 0 Å². The van der Waals surface area contributed by atoms with E-state index in [1.807, 2.05) is 30.5 Å². The number of hydrogen-bond donors (Lipinski definition) is 1. The molecule has 0 unspecified atom stereocenters. The number of rotatable bonds is 8. The predicted molar refractivity (Wildman–Crippen MR) is 115 cm³/mol. The van der Waals surface area contributed by atoms with Crippen molar-refractivity contribution in [2.75, 3.05) is 25.2 Å². The summed E-state index contributed by atoms with van der Waals surface area (Å²) in [5, 5.41) is 1.30. The monoisotopic (exact) mass is 417 g/mol. The number of fused-ring (bicyclic) bond motifs is 1. The number of anilines is 1. The Kier molecular flexibility index (Phi) is 6.74. The van der Waals surface area contributed by atoms with Crippen molar-refractivity contribution in [1.29, 1.82) is 0 Å². The fourth-order valence-corrected chi connectivity index (χ4v) is 4.13. The van der Waals surface area contributed by atoms with Crippen LogP contribution in [0.25, 0.3) is 21.5 Å². The molecule has 0 aliphatic carbocycles. The Bertz CT molecular complexity index is 988. The summed E-state index contributed by atoms with van der Waals surface area (Å²) in [6, 6.07) is 7.76. The van der Waals surface area contributed by atoms with Crippen LogP contribution < -0.4 is 10.5 Å². The van der Waals surface area contributed by atoms with E-state index in [2.05, 4.69) is 16.9 Å². The van der Waals surface area contributed by atoms with E-state index >= 15 is 0 Å². The lowest BCUT2D eigenvalue weighted by Gasteiger charge is -2.09. The second-order valence-electron chi connectivity index (χ2n) is 6.03. The number of nitrogen functional groups attached to an aromatic ring is 1. The summed E-state index contributed by atoms with van der Waals surface area (Å²) in [5.41, 5.74) is 8.25. The molecule has 3 rings (SSSR count). The fraction of sp³-hybridized carbons (Fsp3) is 0.350. The molecule has 0 fully saturated rings. The Labute approximate surface area is 172 Å². The highest BCUT2D eigenvalue weighted by molar-refractivity contribution is 7.98. The number of thioether (sulfide) groups is 1. The molecule has 0 atom stereocenters. The normalized spacial score (nSPS) is 11.0. The smallest absolute Gasteiger partial charge is 0.350 e. The molecule has 0 aliphatic heterocycles. The van der Waals surface area contributed by atoms with Crippen LogP contribution in [0.2, 0.25) is 0 Å². The highest BCUT2D eigenvalue weighted by atomic mass is 32.2. The van der Waals surface area contributed by atoms with Crippen molar-refractivity contribution in [1.82, 2.24) is 9.97 Å². The van der Waals surface area contributed by atoms with Crippen LogP contribution in [0.5, 0.6) is 5.75 Å². The van der Waals surface area contributed by atoms with Crippen LogP contribution in [0, 0.1) is 0 Å². The molecule has 2 aromatic heterocycles. The van der Waals surface area contributed by atoms with E-state index in [4.69, 9.17) is 15.2 Å². The molecular weight excluding hydrogens is 394 g/mol. The van der Waals surface area contributed by atoms with Gasteiger partial charge in [0, 0.05) is 5.56 Å². The highest BCUT2D eigenvalue weighted by Crippen LogP contribution is 2.40. The maximum absolute atomic E-state index is 12.3. The molecule has 0 spiro atoms. The predicted octanol–water partition coefficient (Wildman–Crippen LogP) is 5.02. The van der Waals surface area contributed by atoms with E-state index in [9.17, 15) is 4.79 Å². The first-order valence-electron chi connectivity index (χ1n) is 9.13. The lowest BCUT2D eigenvalue weighted by Crippen LogP contribution is -2.05. The number of nitrogens with two attached hydrogens (primary N) is 1. The Morgan fingerprint density at radius 3 is 2.82 bits per heavy atom. The van der Waals surface area contributed by atoms with Gasteiger partial charge < -0.3 is 15.2 Å². The number of ether oxygens (including phenoxy) is 2. The van der Waals surface area contributed by atoms with Crippen molar-refractivity contribution in [2.45, 2.75) is 31.8 Å². The van der Waals surface area contributed by atoms with Gasteiger partial charge in [0.25, 0.3) is 0 Å². The molecule has 148 valence electrons. The van der Waals surface area contributed by atoms with Gasteiger partial charge in [-0.05, 0) is 31.7 Å². The van der Waals surface area contributed by atoms with Crippen LogP contribution in [0.4, 0.5) is 5.69 Å². The van der Waals surface area contributed by atoms with E-state index in [1.165, 1.54) is 23.1 Å². The summed E-state index contributed by atoms with van der Waals surface area (Å²) in [4.78, 5) is 22.5. The second-order valence-corrected chi connectivity index (χ2v) is 7.81. The minimum atomic E-state index is -0.434. The van der Waals surface area contributed by atoms with Gasteiger partial charge in [-0.25, -0.2) is 14.8 Å². The zero-order valence-corrected chi connectivity index (χ0v) is 17.8. The first kappa shape index (κ1) is 20.4. The number of unbranched alkanes of at least 4 members (excludes halogenated alkanes) is 1. The topological polar surface area (TPSA) is 87.3 Å². The molecule has 0 amide bonds. The van der Waals surface area contributed by atoms with E-state index < -0.39 is 5.97 Å². The number of thiophene rings is 1. The number of carbonyl (C=O) groups is 1. The van der Waals surface area contributed by atoms with Gasteiger partial charge in [0.1, 0.15) is 15.5 Å². The Morgan fingerprint density at radius 1 is 1.29 bits per heavy atom. The van der Waals surface area contributed by atoms with Crippen LogP contribution >= 0.6 is 23.1 Å². The van der Waals surface area contributed by atoms with Gasteiger partial charge in [-0.2, -0.15) is 0 Å². The Hall–Kier alpha value is -2.32. The van der Waals surface area contributed by atoms with Crippen molar-refractivity contribution in [3.05, 3.63) is 29.1 Å². The standard InChI is InChI=1S/C20H23N3O3S2/c1-4-6-10-26-13-9-7-8-12(11-13)16-14-15(21)17(19(24)25-5-2)28-18(14)23-20(22-16)27-3/h7-9,11H,4-6,10,21H2,1-3H3. The largest absolute Gasteiger partial charge is 0.494 e. The first-order chi connectivity index (χ1) is 13.6. The summed E-state index contributed by atoms with van der Waals surface area (Å²) in [6.45, 7) is 4.85. The van der Waals surface area contributed by atoms with E-state index in [-0.39, 0.29) is 6.61 Å². The van der Waals surface area contributed by atoms with E-state index in [1.54, 1.807) is 6.92 Å². The Morgan fingerprint density at radius 2 is 2.11 bits per heavy atom. The summed E-state index contributed by atoms with van der Waals surface area (Å²) < 4.78 is 11.0. The van der Waals surface area contributed by atoms with Crippen LogP contribution in [-0.2, 0) is 4.74 Å². The summed E-state index contributed by atoms with van der Waals surface area (Å²) in [7, 11) is 0. The van der Waals surface area contributed by atoms with E-state index in [0.29, 0.717) is 38.2 Å². The molecule has 0 radical (unpaired) electrons. The van der Waals surface area contributed by atoms with Crippen LogP contribution in [0.3, 0.4) is 0 Å². The van der Waals surface area contributed by atoms with Crippen molar-refractivity contribution >= 4 is 45.0 Å².